The summed E-state index contributed by atoms with van der Waals surface area (Å²) in [6, 6.07) is 0. The second-order valence-corrected chi connectivity index (χ2v) is 6.17. The Labute approximate surface area is 97.7 Å². The molecule has 3 nitrogen and oxygen atoms in total. The van der Waals surface area contributed by atoms with Crippen molar-refractivity contribution in [2.75, 3.05) is 5.75 Å². The molecule has 2 aromatic heterocycles. The monoisotopic (exact) mass is 241 g/mol. The molecular formula is C10H15N3S2. The van der Waals surface area contributed by atoms with E-state index in [2.05, 4.69) is 15.6 Å². The van der Waals surface area contributed by atoms with E-state index in [9.17, 15) is 0 Å². The van der Waals surface area contributed by atoms with Gasteiger partial charge in [0, 0.05) is 34.8 Å². The molecular weight excluding hydrogens is 226 g/mol. The van der Waals surface area contributed by atoms with Crippen LogP contribution >= 0.6 is 23.1 Å². The van der Waals surface area contributed by atoms with Crippen molar-refractivity contribution in [3.63, 3.8) is 0 Å². The largest absolute Gasteiger partial charge is 0.325 e. The molecule has 15 heavy (non-hydrogen) atoms. The standard InChI is InChI=1S/C10H15N3S2/c1-10(2,11)7-14-6-8-5-13-3-4-15-9(13)12-8/h3-5H,6-7,11H2,1-2H3. The summed E-state index contributed by atoms with van der Waals surface area (Å²) in [4.78, 5) is 5.58. The summed E-state index contributed by atoms with van der Waals surface area (Å²) in [7, 11) is 0. The van der Waals surface area contributed by atoms with Crippen LogP contribution in [0.2, 0.25) is 0 Å². The lowest BCUT2D eigenvalue weighted by molar-refractivity contribution is 0.591. The molecule has 0 aliphatic carbocycles. The predicted octanol–water partition coefficient (Wildman–Crippen LogP) is 2.37. The SMILES string of the molecule is CC(C)(N)CSCc1cn2ccsc2n1. The van der Waals surface area contributed by atoms with Gasteiger partial charge in [-0.25, -0.2) is 4.98 Å². The normalized spacial score (nSPS) is 12.5. The molecule has 0 amide bonds. The number of imidazole rings is 1. The van der Waals surface area contributed by atoms with E-state index >= 15 is 0 Å². The fourth-order valence-electron chi connectivity index (χ4n) is 1.26. The molecule has 0 spiro atoms. The van der Waals surface area contributed by atoms with Crippen molar-refractivity contribution in [1.82, 2.24) is 9.38 Å². The summed E-state index contributed by atoms with van der Waals surface area (Å²) < 4.78 is 2.06. The molecule has 0 aromatic carbocycles. The third-order valence-corrected chi connectivity index (χ3v) is 4.09. The van der Waals surface area contributed by atoms with Gasteiger partial charge in [0.25, 0.3) is 0 Å². The molecule has 2 aromatic rings. The van der Waals surface area contributed by atoms with E-state index < -0.39 is 0 Å². The van der Waals surface area contributed by atoms with Gasteiger partial charge in [-0.1, -0.05) is 0 Å². The molecule has 2 heterocycles. The van der Waals surface area contributed by atoms with Gasteiger partial charge >= 0.3 is 0 Å². The Kier molecular flexibility index (Phi) is 3.04. The third-order valence-electron chi connectivity index (χ3n) is 1.87. The average Bonchev–Trinajstić information content (AvgIpc) is 2.60. The number of hydrogen-bond acceptors (Lipinski definition) is 4. The molecule has 0 saturated heterocycles. The molecule has 0 bridgehead atoms. The highest BCUT2D eigenvalue weighted by Gasteiger charge is 2.11. The fourth-order valence-corrected chi connectivity index (χ4v) is 2.96. The van der Waals surface area contributed by atoms with Gasteiger partial charge < -0.3 is 5.73 Å². The molecule has 0 unspecified atom stereocenters. The molecule has 5 heteroatoms. The van der Waals surface area contributed by atoms with Crippen molar-refractivity contribution in [3.05, 3.63) is 23.5 Å². The van der Waals surface area contributed by atoms with E-state index in [1.807, 2.05) is 37.2 Å². The van der Waals surface area contributed by atoms with Crippen molar-refractivity contribution in [2.45, 2.75) is 25.1 Å². The van der Waals surface area contributed by atoms with Gasteiger partial charge in [0.15, 0.2) is 4.96 Å². The zero-order valence-electron chi connectivity index (χ0n) is 8.93. The van der Waals surface area contributed by atoms with Crippen LogP contribution < -0.4 is 5.73 Å². The van der Waals surface area contributed by atoms with Crippen LogP contribution in [0, 0.1) is 0 Å². The van der Waals surface area contributed by atoms with E-state index in [1.54, 1.807) is 11.3 Å². The van der Waals surface area contributed by atoms with Gasteiger partial charge in [-0.15, -0.1) is 11.3 Å². The molecule has 0 fully saturated rings. The number of thiazole rings is 1. The lowest BCUT2D eigenvalue weighted by atomic mass is 10.1. The lowest BCUT2D eigenvalue weighted by Gasteiger charge is -2.16. The number of nitrogens with two attached hydrogens (primary N) is 1. The summed E-state index contributed by atoms with van der Waals surface area (Å²) in [5, 5.41) is 2.04. The molecule has 0 aliphatic heterocycles. The number of fused-ring (bicyclic) bond motifs is 1. The number of hydrogen-bond donors (Lipinski definition) is 1. The Bertz CT molecular complexity index is 410. The maximum atomic E-state index is 5.91. The number of aromatic nitrogens is 2. The average molecular weight is 241 g/mol. The molecule has 0 saturated carbocycles. The topological polar surface area (TPSA) is 43.3 Å². The van der Waals surface area contributed by atoms with Crippen LogP contribution in [0.4, 0.5) is 0 Å². The fraction of sp³-hybridized carbons (Fsp3) is 0.500. The van der Waals surface area contributed by atoms with E-state index in [0.717, 1.165) is 22.2 Å². The summed E-state index contributed by atoms with van der Waals surface area (Å²) >= 11 is 3.50. The van der Waals surface area contributed by atoms with E-state index in [4.69, 9.17) is 5.73 Å². The molecule has 0 atom stereocenters. The van der Waals surface area contributed by atoms with Gasteiger partial charge in [0.2, 0.25) is 0 Å². The molecule has 2 N–H and O–H groups in total. The molecule has 0 aliphatic rings. The van der Waals surface area contributed by atoms with Crippen LogP contribution in [0.3, 0.4) is 0 Å². The van der Waals surface area contributed by atoms with Crippen LogP contribution in [0.5, 0.6) is 0 Å². The Hall–Kier alpha value is -0.520. The smallest absolute Gasteiger partial charge is 0.193 e. The zero-order chi connectivity index (χ0) is 10.9. The third kappa shape index (κ3) is 2.96. The van der Waals surface area contributed by atoms with Gasteiger partial charge in [-0.2, -0.15) is 11.8 Å². The summed E-state index contributed by atoms with van der Waals surface area (Å²) in [5.41, 5.74) is 6.95. The first-order valence-electron chi connectivity index (χ1n) is 4.82. The van der Waals surface area contributed by atoms with Gasteiger partial charge in [-0.3, -0.25) is 4.40 Å². The maximum Gasteiger partial charge on any atom is 0.193 e. The molecule has 0 radical (unpaired) electrons. The maximum absolute atomic E-state index is 5.91. The van der Waals surface area contributed by atoms with Crippen LogP contribution in [0.25, 0.3) is 4.96 Å². The second-order valence-electron chi connectivity index (χ2n) is 4.31. The van der Waals surface area contributed by atoms with Gasteiger partial charge in [-0.05, 0) is 13.8 Å². The second kappa shape index (κ2) is 4.15. The van der Waals surface area contributed by atoms with Crippen molar-refractivity contribution in [1.29, 1.82) is 0 Å². The van der Waals surface area contributed by atoms with Crippen LogP contribution in [-0.4, -0.2) is 20.7 Å². The van der Waals surface area contributed by atoms with Gasteiger partial charge in [0.1, 0.15) is 0 Å². The van der Waals surface area contributed by atoms with Crippen LogP contribution in [-0.2, 0) is 5.75 Å². The van der Waals surface area contributed by atoms with Gasteiger partial charge in [0.05, 0.1) is 5.69 Å². The summed E-state index contributed by atoms with van der Waals surface area (Å²) in [6.07, 6.45) is 4.12. The number of nitrogens with zero attached hydrogens (tertiary/aromatic N) is 2. The summed E-state index contributed by atoms with van der Waals surface area (Å²) in [6.45, 7) is 4.09. The first-order valence-corrected chi connectivity index (χ1v) is 6.86. The quantitative estimate of drug-likeness (QED) is 0.893. The molecule has 82 valence electrons. The van der Waals surface area contributed by atoms with Crippen molar-refractivity contribution >= 4 is 28.1 Å². The minimum absolute atomic E-state index is 0.0955. The number of thioether (sulfide) groups is 1. The predicted molar refractivity (Wildman–Crippen MR) is 67.5 cm³/mol. The Balaban J connectivity index is 1.93. The lowest BCUT2D eigenvalue weighted by Crippen LogP contribution is -2.34. The zero-order valence-corrected chi connectivity index (χ0v) is 10.6. The first kappa shape index (κ1) is 11.0. The highest BCUT2D eigenvalue weighted by atomic mass is 32.2. The van der Waals surface area contributed by atoms with Crippen LogP contribution in [0.1, 0.15) is 19.5 Å². The van der Waals surface area contributed by atoms with E-state index in [1.165, 1.54) is 0 Å². The number of rotatable bonds is 4. The Morgan fingerprint density at radius 1 is 1.60 bits per heavy atom. The Morgan fingerprint density at radius 2 is 2.40 bits per heavy atom. The minimum Gasteiger partial charge on any atom is -0.325 e. The highest BCUT2D eigenvalue weighted by molar-refractivity contribution is 7.98. The summed E-state index contributed by atoms with van der Waals surface area (Å²) in [5.74, 6) is 1.90. The highest BCUT2D eigenvalue weighted by Crippen LogP contribution is 2.18. The van der Waals surface area contributed by atoms with Crippen molar-refractivity contribution in [3.8, 4) is 0 Å². The van der Waals surface area contributed by atoms with Crippen LogP contribution in [0.15, 0.2) is 17.8 Å². The Morgan fingerprint density at radius 3 is 3.07 bits per heavy atom. The van der Waals surface area contributed by atoms with E-state index in [-0.39, 0.29) is 5.54 Å². The van der Waals surface area contributed by atoms with E-state index in [0.29, 0.717) is 0 Å². The molecule has 2 rings (SSSR count). The first-order chi connectivity index (χ1) is 7.04. The van der Waals surface area contributed by atoms with Crippen molar-refractivity contribution < 1.29 is 0 Å². The minimum atomic E-state index is -0.0955. The van der Waals surface area contributed by atoms with Crippen molar-refractivity contribution in [2.24, 2.45) is 5.73 Å².